The molecule has 0 saturated carbocycles. The maximum absolute atomic E-state index is 11.0. The van der Waals surface area contributed by atoms with Crippen molar-refractivity contribution in [3.63, 3.8) is 0 Å². The van der Waals surface area contributed by atoms with E-state index in [1.807, 2.05) is 30.3 Å². The second-order valence-corrected chi connectivity index (χ2v) is 2.34. The predicted octanol–water partition coefficient (Wildman–Crippen LogP) is 0.957. The van der Waals surface area contributed by atoms with Gasteiger partial charge in [-0.25, -0.2) is 4.79 Å². The molecule has 2 nitrogen and oxygen atoms in total. The van der Waals surface area contributed by atoms with Crippen LogP contribution in [0.4, 0.5) is 0 Å². The van der Waals surface area contributed by atoms with Crippen molar-refractivity contribution < 1.29 is 9.53 Å². The molecule has 0 aliphatic heterocycles. The van der Waals surface area contributed by atoms with Gasteiger partial charge in [-0.05, 0) is 5.56 Å². The number of ether oxygens (including phenoxy) is 1. The van der Waals surface area contributed by atoms with Crippen LogP contribution >= 0.6 is 0 Å². The molecule has 0 unspecified atom stereocenters. The first-order chi connectivity index (χ1) is 5.75. The summed E-state index contributed by atoms with van der Waals surface area (Å²) >= 11 is 0. The Bertz CT molecular complexity index is 293. The average Bonchev–Trinajstić information content (AvgIpc) is 2.17. The molecule has 0 aliphatic carbocycles. The van der Waals surface area contributed by atoms with Crippen LogP contribution in [0.1, 0.15) is 5.56 Å². The second-order valence-electron chi connectivity index (χ2n) is 2.34. The van der Waals surface area contributed by atoms with Crippen LogP contribution in [-0.2, 0) is 9.53 Å². The average molecular weight is 204 g/mol. The Morgan fingerprint density at radius 1 is 1.31 bits per heavy atom. The maximum atomic E-state index is 11.0. The molecule has 0 heterocycles. The Morgan fingerprint density at radius 2 is 1.85 bits per heavy atom. The summed E-state index contributed by atoms with van der Waals surface area (Å²) in [5.41, 5.74) is 1.18. The van der Waals surface area contributed by atoms with Gasteiger partial charge < -0.3 is 4.74 Å². The third kappa shape index (κ3) is 3.51. The van der Waals surface area contributed by atoms with Crippen molar-refractivity contribution >= 4 is 49.3 Å². The third-order valence-corrected chi connectivity index (χ3v) is 1.55. The van der Waals surface area contributed by atoms with E-state index in [9.17, 15) is 4.79 Å². The first-order valence-electron chi connectivity index (χ1n) is 3.58. The van der Waals surface area contributed by atoms with Crippen LogP contribution in [0.25, 0.3) is 5.57 Å². The molecule has 0 atom stereocenters. The molecule has 0 aliphatic rings. The first-order valence-corrected chi connectivity index (χ1v) is 3.58. The van der Waals surface area contributed by atoms with E-state index < -0.39 is 0 Å². The zero-order valence-corrected chi connectivity index (χ0v) is 6.91. The second kappa shape index (κ2) is 6.19. The van der Waals surface area contributed by atoms with Crippen LogP contribution in [0, 0.1) is 0 Å². The molecule has 0 saturated heterocycles. The summed E-state index contributed by atoms with van der Waals surface area (Å²) in [5, 5.41) is 0. The number of carbonyl (C=O) groups excluding carboxylic acids is 1. The molecule has 0 fully saturated rings. The Kier molecular flexibility index (Phi) is 6.04. The van der Waals surface area contributed by atoms with Crippen LogP contribution in [0.5, 0.6) is 0 Å². The summed E-state index contributed by atoms with van der Waals surface area (Å²) in [6, 6.07) is 9.22. The van der Waals surface area contributed by atoms with Gasteiger partial charge in [0.15, 0.2) is 0 Å². The van der Waals surface area contributed by atoms with E-state index in [-0.39, 0.29) is 43.7 Å². The van der Waals surface area contributed by atoms with Gasteiger partial charge in [-0.1, -0.05) is 36.9 Å². The Labute approximate surface area is 108 Å². The van der Waals surface area contributed by atoms with Gasteiger partial charge in [-0.2, -0.15) is 0 Å². The van der Waals surface area contributed by atoms with Crippen molar-refractivity contribution in [2.75, 3.05) is 7.11 Å². The molecular formula is C10H12CaO2. The summed E-state index contributed by atoms with van der Waals surface area (Å²) in [4.78, 5) is 11.0. The van der Waals surface area contributed by atoms with Crippen molar-refractivity contribution in [2.24, 2.45) is 0 Å². The molecule has 0 amide bonds. The number of rotatable bonds is 2. The van der Waals surface area contributed by atoms with Gasteiger partial charge in [-0.3, -0.25) is 0 Å². The SMILES string of the molecule is C=C(C(=O)OC)c1ccccc1.[CaH2]. The van der Waals surface area contributed by atoms with Gasteiger partial charge in [0.25, 0.3) is 0 Å². The molecule has 66 valence electrons. The third-order valence-electron chi connectivity index (χ3n) is 1.55. The standard InChI is InChI=1S/C10H10O2.Ca.2H/c1-8(10(11)12-2)9-6-4-3-5-7-9;;;/h3-7H,1H2,2H3;;;. The monoisotopic (exact) mass is 204 g/mol. The molecule has 1 rings (SSSR count). The van der Waals surface area contributed by atoms with Gasteiger partial charge >= 0.3 is 43.7 Å². The van der Waals surface area contributed by atoms with Crippen LogP contribution in [0.15, 0.2) is 36.9 Å². The first kappa shape index (κ1) is 12.7. The fraction of sp³-hybridized carbons (Fsp3) is 0.100. The summed E-state index contributed by atoms with van der Waals surface area (Å²) in [5.74, 6) is -0.388. The number of hydrogen-bond acceptors (Lipinski definition) is 2. The number of esters is 1. The summed E-state index contributed by atoms with van der Waals surface area (Å²) in [6.07, 6.45) is 0. The molecule has 0 aromatic heterocycles. The fourth-order valence-corrected chi connectivity index (χ4v) is 0.880. The molecule has 0 spiro atoms. The van der Waals surface area contributed by atoms with E-state index >= 15 is 0 Å². The fourth-order valence-electron chi connectivity index (χ4n) is 0.880. The van der Waals surface area contributed by atoms with Crippen molar-refractivity contribution in [3.8, 4) is 0 Å². The number of methoxy groups -OCH3 is 1. The minimum atomic E-state index is -0.388. The Morgan fingerprint density at radius 3 is 2.31 bits per heavy atom. The van der Waals surface area contributed by atoms with Crippen molar-refractivity contribution in [2.45, 2.75) is 0 Å². The zero-order valence-electron chi connectivity index (χ0n) is 6.91. The van der Waals surface area contributed by atoms with E-state index in [1.165, 1.54) is 7.11 Å². The number of carbonyl (C=O) groups is 1. The van der Waals surface area contributed by atoms with Crippen LogP contribution in [-0.4, -0.2) is 50.8 Å². The molecule has 13 heavy (non-hydrogen) atoms. The Hall–Kier alpha value is -0.310. The van der Waals surface area contributed by atoms with E-state index in [4.69, 9.17) is 0 Å². The molecular weight excluding hydrogens is 192 g/mol. The normalized spacial score (nSPS) is 8.38. The van der Waals surface area contributed by atoms with Crippen molar-refractivity contribution in [3.05, 3.63) is 42.5 Å². The number of benzene rings is 1. The van der Waals surface area contributed by atoms with E-state index in [0.717, 1.165) is 5.56 Å². The van der Waals surface area contributed by atoms with Gasteiger partial charge in [0.05, 0.1) is 12.7 Å². The summed E-state index contributed by atoms with van der Waals surface area (Å²) in [7, 11) is 1.34. The van der Waals surface area contributed by atoms with Crippen molar-refractivity contribution in [1.29, 1.82) is 0 Å². The summed E-state index contributed by atoms with van der Waals surface area (Å²) in [6.45, 7) is 3.62. The van der Waals surface area contributed by atoms with E-state index in [1.54, 1.807) is 0 Å². The molecule has 0 bridgehead atoms. The summed E-state index contributed by atoms with van der Waals surface area (Å²) < 4.78 is 4.53. The Balaban J connectivity index is 0.00000144. The van der Waals surface area contributed by atoms with E-state index in [2.05, 4.69) is 11.3 Å². The van der Waals surface area contributed by atoms with Gasteiger partial charge in [0.1, 0.15) is 0 Å². The van der Waals surface area contributed by atoms with Crippen molar-refractivity contribution in [1.82, 2.24) is 0 Å². The van der Waals surface area contributed by atoms with Crippen LogP contribution in [0.3, 0.4) is 0 Å². The predicted molar refractivity (Wildman–Crippen MR) is 56.0 cm³/mol. The van der Waals surface area contributed by atoms with Gasteiger partial charge in [-0.15, -0.1) is 0 Å². The van der Waals surface area contributed by atoms with E-state index in [0.29, 0.717) is 5.57 Å². The molecule has 1 aromatic carbocycles. The molecule has 1 aromatic rings. The van der Waals surface area contributed by atoms with Gasteiger partial charge in [0.2, 0.25) is 0 Å². The zero-order chi connectivity index (χ0) is 8.97. The van der Waals surface area contributed by atoms with Crippen LogP contribution < -0.4 is 0 Å². The quantitative estimate of drug-likeness (QED) is 0.407. The van der Waals surface area contributed by atoms with Crippen LogP contribution in [0.2, 0.25) is 0 Å². The molecule has 0 N–H and O–H groups in total. The topological polar surface area (TPSA) is 26.3 Å². The molecule has 3 heteroatoms. The minimum absolute atomic E-state index is 0. The molecule has 0 radical (unpaired) electrons. The number of hydrogen-bond donors (Lipinski definition) is 0. The van der Waals surface area contributed by atoms with Gasteiger partial charge in [0, 0.05) is 0 Å².